The molecule has 4 aliphatic rings. The number of azide groups is 1. The summed E-state index contributed by atoms with van der Waals surface area (Å²) in [6, 6.07) is 33.5. The van der Waals surface area contributed by atoms with Crippen LogP contribution in [-0.4, -0.2) is 109 Å². The fourth-order valence-electron chi connectivity index (χ4n) is 9.22. The van der Waals surface area contributed by atoms with Crippen molar-refractivity contribution in [2.24, 2.45) is 5.11 Å². The zero-order valence-corrected chi connectivity index (χ0v) is 37.8. The van der Waals surface area contributed by atoms with Crippen molar-refractivity contribution in [3.63, 3.8) is 0 Å². The molecule has 4 aromatic rings. The van der Waals surface area contributed by atoms with Gasteiger partial charge in [0.05, 0.1) is 43.5 Å². The first kappa shape index (κ1) is 48.2. The molecule has 4 aromatic carbocycles. The molecule has 68 heavy (non-hydrogen) atoms. The molecule has 18 nitrogen and oxygen atoms in total. The second-order valence-electron chi connectivity index (χ2n) is 17.5. The molecule has 0 aromatic heterocycles. The third kappa shape index (κ3) is 12.4. The SMILES string of the molecule is CN(C[C@H]1OC(O[C@@H]2[C@@H](NC(=O)OCc3ccccc3)[C@H](O)[C@@H](NC(=O)OCc3ccccc3)[C@@H]3OC4(CCCCC4)O[C@@H]23)[C@H](N=[N+]=[N-])C[C@@H]1OCc1ccccc1)C(=O)OCc1ccccc1. The topological polar surface area (TPSA) is 221 Å². The smallest absolute Gasteiger partial charge is 0.409 e. The Balaban J connectivity index is 1.08. The van der Waals surface area contributed by atoms with Crippen molar-refractivity contribution in [3.8, 4) is 0 Å². The number of hydrogen-bond donors (Lipinski definition) is 3. The number of nitrogens with zero attached hydrogens (tertiary/aromatic N) is 4. The second-order valence-corrected chi connectivity index (χ2v) is 17.5. The molecule has 2 saturated heterocycles. The minimum Gasteiger partial charge on any atom is -0.445 e. The molecule has 8 rings (SSSR count). The van der Waals surface area contributed by atoms with Crippen molar-refractivity contribution in [2.75, 3.05) is 13.6 Å². The van der Waals surface area contributed by atoms with Crippen LogP contribution in [0.4, 0.5) is 14.4 Å². The molecule has 3 amide bonds. The van der Waals surface area contributed by atoms with Gasteiger partial charge in [0.2, 0.25) is 0 Å². The average molecular weight is 935 g/mol. The van der Waals surface area contributed by atoms with Gasteiger partial charge in [0.15, 0.2) is 12.1 Å². The number of aliphatic hydroxyl groups is 1. The molecule has 0 bridgehead atoms. The molecule has 2 aliphatic heterocycles. The van der Waals surface area contributed by atoms with E-state index in [1.807, 2.05) is 109 Å². The van der Waals surface area contributed by atoms with E-state index in [-0.39, 0.29) is 39.4 Å². The highest BCUT2D eigenvalue weighted by atomic mass is 16.8. The normalized spacial score (nSPS) is 27.1. The van der Waals surface area contributed by atoms with E-state index in [1.165, 1.54) is 4.90 Å². The van der Waals surface area contributed by atoms with Crippen molar-refractivity contribution in [1.82, 2.24) is 15.5 Å². The Morgan fingerprint density at radius 2 is 1.22 bits per heavy atom. The van der Waals surface area contributed by atoms with E-state index in [0.717, 1.165) is 41.5 Å². The van der Waals surface area contributed by atoms with E-state index in [0.29, 0.717) is 12.8 Å². The number of alkyl carbamates (subject to hydrolysis) is 2. The third-order valence-electron chi connectivity index (χ3n) is 12.7. The molecule has 10 atom stereocenters. The fraction of sp³-hybridized carbons (Fsp3) is 0.460. The van der Waals surface area contributed by atoms with E-state index >= 15 is 0 Å². The summed E-state index contributed by atoms with van der Waals surface area (Å²) < 4.78 is 50.6. The van der Waals surface area contributed by atoms with Crippen molar-refractivity contribution in [2.45, 2.75) is 132 Å². The van der Waals surface area contributed by atoms with Crippen LogP contribution in [0.1, 0.15) is 60.8 Å². The number of hydrogen-bond acceptors (Lipinski definition) is 13. The maximum atomic E-state index is 13.8. The van der Waals surface area contributed by atoms with Gasteiger partial charge in [0.1, 0.15) is 44.2 Å². The van der Waals surface area contributed by atoms with Crippen LogP contribution in [0.3, 0.4) is 0 Å². The Morgan fingerprint density at radius 3 is 1.76 bits per heavy atom. The largest absolute Gasteiger partial charge is 0.445 e. The predicted octanol–water partition coefficient (Wildman–Crippen LogP) is 7.43. The van der Waals surface area contributed by atoms with Crippen LogP contribution in [-0.2, 0) is 64.3 Å². The van der Waals surface area contributed by atoms with E-state index in [1.54, 1.807) is 19.2 Å². The highest BCUT2D eigenvalue weighted by molar-refractivity contribution is 5.69. The highest BCUT2D eigenvalue weighted by Gasteiger charge is 2.62. The van der Waals surface area contributed by atoms with Gasteiger partial charge < -0.3 is 58.5 Å². The Kier molecular flexibility index (Phi) is 16.4. The summed E-state index contributed by atoms with van der Waals surface area (Å²) in [6.45, 7) is 0.0885. The van der Waals surface area contributed by atoms with Crippen molar-refractivity contribution < 1.29 is 57.4 Å². The summed E-state index contributed by atoms with van der Waals surface area (Å²) >= 11 is 0. The first-order valence-corrected chi connectivity index (χ1v) is 23.1. The molecule has 3 N–H and O–H groups in total. The number of fused-ring (bicyclic) bond motifs is 1. The number of likely N-dealkylation sites (N-methyl/N-ethyl adjacent to an activating group) is 1. The van der Waals surface area contributed by atoms with Crippen molar-refractivity contribution >= 4 is 18.3 Å². The van der Waals surface area contributed by atoms with E-state index < -0.39 is 85.1 Å². The van der Waals surface area contributed by atoms with Crippen molar-refractivity contribution in [1.29, 1.82) is 0 Å². The van der Waals surface area contributed by atoms with Crippen LogP contribution in [0.25, 0.3) is 10.4 Å². The number of aliphatic hydroxyl groups excluding tert-OH is 1. The molecule has 2 saturated carbocycles. The number of rotatable bonds is 16. The van der Waals surface area contributed by atoms with Gasteiger partial charge in [-0.1, -0.05) is 133 Å². The first-order valence-electron chi connectivity index (χ1n) is 23.1. The lowest BCUT2D eigenvalue weighted by atomic mass is 9.81. The molecular formula is C50H58N6O12. The Hall–Kier alpha value is -6.24. The molecule has 0 radical (unpaired) electrons. The first-order chi connectivity index (χ1) is 33.2. The summed E-state index contributed by atoms with van der Waals surface area (Å²) in [7, 11) is 1.58. The van der Waals surface area contributed by atoms with Gasteiger partial charge in [-0.3, -0.25) is 0 Å². The van der Waals surface area contributed by atoms with Crippen LogP contribution < -0.4 is 10.6 Å². The molecule has 360 valence electrons. The van der Waals surface area contributed by atoms with E-state index in [4.69, 9.17) is 37.9 Å². The monoisotopic (exact) mass is 934 g/mol. The van der Waals surface area contributed by atoms with Gasteiger partial charge in [0, 0.05) is 24.8 Å². The molecule has 1 spiro atoms. The minimum atomic E-state index is -1.58. The summed E-state index contributed by atoms with van der Waals surface area (Å²) in [5.74, 6) is -1.09. The Labute approximate surface area is 394 Å². The average Bonchev–Trinajstić information content (AvgIpc) is 3.73. The number of ether oxygens (including phenoxy) is 8. The molecule has 2 heterocycles. The van der Waals surface area contributed by atoms with Gasteiger partial charge in [-0.05, 0) is 47.0 Å². The number of benzene rings is 4. The van der Waals surface area contributed by atoms with Crippen LogP contribution in [0.2, 0.25) is 0 Å². The zero-order chi connectivity index (χ0) is 47.3. The minimum absolute atomic E-state index is 0.0252. The third-order valence-corrected chi connectivity index (χ3v) is 12.7. The quantitative estimate of drug-likeness (QED) is 0.0432. The lowest BCUT2D eigenvalue weighted by Crippen LogP contribution is -2.72. The Bertz CT molecular complexity index is 2290. The van der Waals surface area contributed by atoms with Crippen LogP contribution >= 0.6 is 0 Å². The van der Waals surface area contributed by atoms with Gasteiger partial charge in [-0.15, -0.1) is 0 Å². The van der Waals surface area contributed by atoms with Crippen molar-refractivity contribution in [3.05, 3.63) is 154 Å². The number of carbonyl (C=O) groups excluding carboxylic acids is 3. The fourth-order valence-corrected chi connectivity index (χ4v) is 9.22. The Morgan fingerprint density at radius 1 is 0.721 bits per heavy atom. The molecule has 2 aliphatic carbocycles. The molecule has 18 heteroatoms. The maximum Gasteiger partial charge on any atom is 0.409 e. The van der Waals surface area contributed by atoms with Crippen LogP contribution in [0, 0.1) is 0 Å². The van der Waals surface area contributed by atoms with Gasteiger partial charge in [0.25, 0.3) is 0 Å². The lowest BCUT2D eigenvalue weighted by molar-refractivity contribution is -0.280. The van der Waals surface area contributed by atoms with E-state index in [2.05, 4.69) is 20.7 Å². The summed E-state index contributed by atoms with van der Waals surface area (Å²) in [4.78, 5) is 45.3. The summed E-state index contributed by atoms with van der Waals surface area (Å²) in [5.41, 5.74) is 13.1. The standard InChI is InChI=1S/C50H58N6O12/c1-56(49(60)64-32-36-23-13-5-14-24-36)28-39-38(61-29-33-17-7-2-8-18-33)27-37(54-55-51)46(65-39)66-43-40(52-47(58)62-30-34-19-9-3-10-20-34)42(57)41(53-48(59)63-31-35-21-11-4-12-22-35)44-45(43)68-50(67-44)25-15-6-16-26-50/h2-5,7-14,17-24,37-46,57H,6,15-16,25-32H2,1H3,(H,52,58)(H,53,59)/t37-,38+,39-,40+,41-,42+,43-,44+,45+,46?/m1/s1. The summed E-state index contributed by atoms with van der Waals surface area (Å²) in [6.07, 6.45) is -6.41. The second kappa shape index (κ2) is 23.2. The van der Waals surface area contributed by atoms with Gasteiger partial charge in [-0.2, -0.15) is 0 Å². The number of carbonyl (C=O) groups is 3. The zero-order valence-electron chi connectivity index (χ0n) is 37.8. The maximum absolute atomic E-state index is 13.8. The van der Waals surface area contributed by atoms with Gasteiger partial charge >= 0.3 is 18.3 Å². The van der Waals surface area contributed by atoms with E-state index in [9.17, 15) is 25.0 Å². The molecule has 4 fully saturated rings. The number of amides is 3. The van der Waals surface area contributed by atoms with Gasteiger partial charge in [-0.25, -0.2) is 14.4 Å². The molecule has 1 unspecified atom stereocenters. The molecular weight excluding hydrogens is 877 g/mol. The lowest BCUT2D eigenvalue weighted by Gasteiger charge is -2.48. The summed E-state index contributed by atoms with van der Waals surface area (Å²) in [5, 5.41) is 22.2. The van der Waals surface area contributed by atoms with Crippen LogP contribution in [0.15, 0.2) is 126 Å². The van der Waals surface area contributed by atoms with Crippen LogP contribution in [0.5, 0.6) is 0 Å². The predicted molar refractivity (Wildman–Crippen MR) is 244 cm³/mol. The highest BCUT2D eigenvalue weighted by Crippen LogP contribution is 2.46. The number of nitrogens with one attached hydrogen (secondary N) is 2.